The van der Waals surface area contributed by atoms with Crippen molar-refractivity contribution in [3.8, 4) is 0 Å². The minimum Gasteiger partial charge on any atom is -0.724 e. The number of hydroxylamine groups is 2. The number of urea groups is 1. The second kappa shape index (κ2) is 6.23. The van der Waals surface area contributed by atoms with E-state index in [1.165, 1.54) is 6.08 Å². The van der Waals surface area contributed by atoms with Gasteiger partial charge in [-0.15, -0.1) is 0 Å². The molecule has 0 saturated carbocycles. The van der Waals surface area contributed by atoms with Gasteiger partial charge in [-0.05, 0) is 11.5 Å². The first-order valence-electron chi connectivity index (χ1n) is 5.88. The van der Waals surface area contributed by atoms with Crippen molar-refractivity contribution < 1.29 is 56.4 Å². The van der Waals surface area contributed by atoms with Gasteiger partial charge in [-0.3, -0.25) is 4.79 Å². The third kappa shape index (κ3) is 3.58. The van der Waals surface area contributed by atoms with E-state index in [2.05, 4.69) is 4.28 Å². The fourth-order valence-corrected chi connectivity index (χ4v) is 2.81. The molecule has 0 aromatic carbocycles. The van der Waals surface area contributed by atoms with Gasteiger partial charge in [-0.2, -0.15) is 9.35 Å². The molecule has 2 atom stereocenters. The number of carbonyl (C=O) groups excluding carboxylic acids is 2. The van der Waals surface area contributed by atoms with Crippen LogP contribution in [0.2, 0.25) is 0 Å². The van der Waals surface area contributed by atoms with Gasteiger partial charge < -0.3 is 15.2 Å². The number of hydrogen-bond acceptors (Lipinski definition) is 6. The fourth-order valence-electron chi connectivity index (χ4n) is 2.45. The summed E-state index contributed by atoms with van der Waals surface area (Å²) in [5.41, 5.74) is 5.86. The van der Waals surface area contributed by atoms with Gasteiger partial charge in [0.15, 0.2) is 0 Å². The number of hydrogen-bond donors (Lipinski definition) is 1. The van der Waals surface area contributed by atoms with Gasteiger partial charge in [0.2, 0.25) is 16.3 Å². The first kappa shape index (κ1) is 18.4. The molecule has 1 saturated heterocycles. The summed E-state index contributed by atoms with van der Waals surface area (Å²) >= 11 is 0. The molecule has 21 heavy (non-hydrogen) atoms. The van der Waals surface area contributed by atoms with Crippen LogP contribution in [0.1, 0.15) is 13.8 Å². The SMILES string of the molecule is CC(C)C1=C[C@@H](C(N)=O)N2C[C@@H]1N(OS(=O)(=O)[O-])C2=O.[Na+]. The van der Waals surface area contributed by atoms with E-state index < -0.39 is 34.4 Å². The Hall–Kier alpha value is -0.650. The largest absolute Gasteiger partial charge is 1.00 e. The monoisotopic (exact) mass is 327 g/mol. The van der Waals surface area contributed by atoms with Crippen LogP contribution in [0.5, 0.6) is 0 Å². The number of carbonyl (C=O) groups is 2. The van der Waals surface area contributed by atoms with Crippen molar-refractivity contribution in [1.82, 2.24) is 9.96 Å². The zero-order valence-electron chi connectivity index (χ0n) is 11.8. The summed E-state index contributed by atoms with van der Waals surface area (Å²) in [6, 6.07) is -2.56. The number of nitrogens with zero attached hydrogens (tertiary/aromatic N) is 2. The maximum atomic E-state index is 12.0. The molecule has 9 nitrogen and oxygen atoms in total. The van der Waals surface area contributed by atoms with E-state index in [0.717, 1.165) is 4.90 Å². The van der Waals surface area contributed by atoms with E-state index in [4.69, 9.17) is 5.73 Å². The molecule has 0 radical (unpaired) electrons. The van der Waals surface area contributed by atoms with Crippen LogP contribution in [0.15, 0.2) is 11.6 Å². The number of fused-ring (bicyclic) bond motifs is 2. The van der Waals surface area contributed by atoms with Crippen LogP contribution in [-0.4, -0.2) is 53.5 Å². The molecular formula is C10H14N3NaO6S. The number of amides is 3. The molecule has 2 aliphatic heterocycles. The number of nitrogens with two attached hydrogens (primary N) is 1. The van der Waals surface area contributed by atoms with Crippen molar-refractivity contribution in [1.29, 1.82) is 0 Å². The van der Waals surface area contributed by atoms with Gasteiger partial charge in [0.1, 0.15) is 12.1 Å². The maximum absolute atomic E-state index is 12.0. The zero-order valence-corrected chi connectivity index (χ0v) is 14.7. The summed E-state index contributed by atoms with van der Waals surface area (Å²) in [4.78, 5) is 24.5. The van der Waals surface area contributed by atoms with E-state index in [-0.39, 0.29) is 42.0 Å². The number of rotatable bonds is 4. The van der Waals surface area contributed by atoms with Crippen LogP contribution in [0.3, 0.4) is 0 Å². The van der Waals surface area contributed by atoms with Crippen LogP contribution in [-0.2, 0) is 19.5 Å². The Balaban J connectivity index is 0.00000220. The van der Waals surface area contributed by atoms with E-state index in [1.54, 1.807) is 0 Å². The molecule has 0 spiro atoms. The second-order valence-electron chi connectivity index (χ2n) is 4.93. The van der Waals surface area contributed by atoms with Gasteiger partial charge in [0, 0.05) is 0 Å². The maximum Gasteiger partial charge on any atom is 1.00 e. The molecule has 2 N–H and O–H groups in total. The Labute approximate surface area is 144 Å². The molecule has 2 rings (SSSR count). The Morgan fingerprint density at radius 2 is 2.10 bits per heavy atom. The minimum atomic E-state index is -5.08. The van der Waals surface area contributed by atoms with Crippen LogP contribution < -0.4 is 35.3 Å². The van der Waals surface area contributed by atoms with Crippen molar-refractivity contribution >= 4 is 22.3 Å². The molecule has 112 valence electrons. The van der Waals surface area contributed by atoms with Crippen LogP contribution in [0.25, 0.3) is 0 Å². The average Bonchev–Trinajstić information content (AvgIpc) is 2.53. The van der Waals surface area contributed by atoms with E-state index in [0.29, 0.717) is 10.6 Å². The first-order chi connectivity index (χ1) is 9.11. The van der Waals surface area contributed by atoms with Gasteiger partial charge in [-0.25, -0.2) is 13.2 Å². The summed E-state index contributed by atoms with van der Waals surface area (Å²) in [7, 11) is -5.08. The molecule has 0 aromatic heterocycles. The summed E-state index contributed by atoms with van der Waals surface area (Å²) in [5.74, 6) is -0.808. The fraction of sp³-hybridized carbons (Fsp3) is 0.600. The van der Waals surface area contributed by atoms with Crippen molar-refractivity contribution in [2.75, 3.05) is 6.54 Å². The van der Waals surface area contributed by atoms with Gasteiger partial charge in [0.25, 0.3) is 0 Å². The molecule has 2 heterocycles. The molecular weight excluding hydrogens is 313 g/mol. The van der Waals surface area contributed by atoms with E-state index >= 15 is 0 Å². The summed E-state index contributed by atoms with van der Waals surface area (Å²) in [5, 5.41) is 0.497. The predicted octanol–water partition coefficient (Wildman–Crippen LogP) is -4.06. The molecule has 2 aliphatic rings. The molecule has 0 aliphatic carbocycles. The van der Waals surface area contributed by atoms with Crippen molar-refractivity contribution in [3.05, 3.63) is 11.6 Å². The first-order valence-corrected chi connectivity index (χ1v) is 7.21. The molecule has 0 unspecified atom stereocenters. The van der Waals surface area contributed by atoms with Crippen LogP contribution in [0, 0.1) is 5.92 Å². The van der Waals surface area contributed by atoms with Gasteiger partial charge >= 0.3 is 35.6 Å². The molecule has 2 bridgehead atoms. The molecule has 3 amide bonds. The van der Waals surface area contributed by atoms with Gasteiger partial charge in [0.05, 0.1) is 6.54 Å². The van der Waals surface area contributed by atoms with E-state index in [9.17, 15) is 22.6 Å². The second-order valence-corrected chi connectivity index (χ2v) is 5.89. The standard InChI is InChI=1S/C10H15N3O6S.Na/c1-5(2)6-3-7(9(11)14)12-4-8(6)13(10(12)15)19-20(16,17)18;/h3,5,7-8H,4H2,1-2H3,(H2,11,14)(H,16,17,18);/q;+1/p-1/t7-,8-;/m0./s1. The summed E-state index contributed by atoms with van der Waals surface area (Å²) in [6.07, 6.45) is 1.51. The predicted molar refractivity (Wildman–Crippen MR) is 64.4 cm³/mol. The van der Waals surface area contributed by atoms with E-state index in [1.807, 2.05) is 13.8 Å². The zero-order chi connectivity index (χ0) is 15.2. The Morgan fingerprint density at radius 3 is 2.52 bits per heavy atom. The van der Waals surface area contributed by atoms with Crippen molar-refractivity contribution in [3.63, 3.8) is 0 Å². The smallest absolute Gasteiger partial charge is 0.724 e. The summed E-state index contributed by atoms with van der Waals surface area (Å²) < 4.78 is 36.3. The molecule has 11 heteroatoms. The average molecular weight is 327 g/mol. The van der Waals surface area contributed by atoms with Crippen molar-refractivity contribution in [2.45, 2.75) is 25.9 Å². The topological polar surface area (TPSA) is 133 Å². The van der Waals surface area contributed by atoms with Crippen LogP contribution in [0.4, 0.5) is 4.79 Å². The third-order valence-corrected chi connectivity index (χ3v) is 3.63. The minimum absolute atomic E-state index is 0. The van der Waals surface area contributed by atoms with Crippen molar-refractivity contribution in [2.24, 2.45) is 11.7 Å². The third-order valence-electron chi connectivity index (χ3n) is 3.29. The van der Waals surface area contributed by atoms with Gasteiger partial charge in [-0.1, -0.05) is 19.9 Å². The number of primary amides is 1. The normalized spacial score (nSPS) is 25.0. The Kier molecular flexibility index (Phi) is 5.45. The van der Waals surface area contributed by atoms with Crippen LogP contribution >= 0.6 is 0 Å². The Bertz CT molecular complexity index is 590. The molecule has 0 aromatic rings. The Morgan fingerprint density at radius 1 is 1.52 bits per heavy atom. The quantitative estimate of drug-likeness (QED) is 0.242. The summed E-state index contributed by atoms with van der Waals surface area (Å²) in [6.45, 7) is 3.67. The molecule has 1 fully saturated rings.